The highest BCUT2D eigenvalue weighted by atomic mass is 79.9. The van der Waals surface area contributed by atoms with E-state index in [1.165, 1.54) is 4.90 Å². The Hall–Kier alpha value is -1.08. The maximum atomic E-state index is 5.65. The van der Waals surface area contributed by atoms with Gasteiger partial charge in [-0.3, -0.25) is 16.3 Å². The molecule has 0 fully saturated rings. The first-order valence-electron chi connectivity index (χ1n) is 6.08. The topological polar surface area (TPSA) is 60.2 Å². The van der Waals surface area contributed by atoms with Crippen molar-refractivity contribution in [3.8, 4) is 5.75 Å². The van der Waals surface area contributed by atoms with Gasteiger partial charge in [-0.15, -0.1) is 11.8 Å². The minimum Gasteiger partial charge on any atom is -0.495 e. The van der Waals surface area contributed by atoms with Gasteiger partial charge in [0.2, 0.25) is 0 Å². The minimum absolute atomic E-state index is 0.0740. The number of rotatable bonds is 6. The molecule has 4 nitrogen and oxygen atoms in total. The van der Waals surface area contributed by atoms with E-state index in [2.05, 4.69) is 38.5 Å². The highest BCUT2D eigenvalue weighted by Crippen LogP contribution is 2.29. The molecule has 1 aromatic heterocycles. The summed E-state index contributed by atoms with van der Waals surface area (Å²) >= 11 is 5.18. The molecule has 1 unspecified atom stereocenters. The molecule has 3 N–H and O–H groups in total. The zero-order chi connectivity index (χ0) is 14.4. The Kier molecular flexibility index (Phi) is 5.85. The van der Waals surface area contributed by atoms with E-state index in [9.17, 15) is 0 Å². The van der Waals surface area contributed by atoms with Crippen LogP contribution in [0.3, 0.4) is 0 Å². The number of halogens is 1. The fourth-order valence-electron chi connectivity index (χ4n) is 1.78. The average molecular weight is 354 g/mol. The van der Waals surface area contributed by atoms with Crippen LogP contribution in [0.1, 0.15) is 11.7 Å². The Balaban J connectivity index is 2.09. The number of hydrogen-bond acceptors (Lipinski definition) is 5. The van der Waals surface area contributed by atoms with Crippen molar-refractivity contribution in [2.24, 2.45) is 5.84 Å². The summed E-state index contributed by atoms with van der Waals surface area (Å²) in [7, 11) is 1.63. The summed E-state index contributed by atoms with van der Waals surface area (Å²) < 4.78 is 6.39. The molecule has 0 saturated heterocycles. The number of nitrogens with two attached hydrogens (primary N) is 1. The van der Waals surface area contributed by atoms with E-state index in [0.29, 0.717) is 0 Å². The lowest BCUT2D eigenvalue weighted by atomic mass is 10.2. The Morgan fingerprint density at radius 2 is 2.25 bits per heavy atom. The number of pyridine rings is 1. The zero-order valence-corrected chi connectivity index (χ0v) is 13.4. The van der Waals surface area contributed by atoms with Gasteiger partial charge >= 0.3 is 0 Å². The van der Waals surface area contributed by atoms with Crippen LogP contribution in [-0.2, 0) is 0 Å². The molecule has 2 rings (SSSR count). The van der Waals surface area contributed by atoms with Crippen LogP contribution in [-0.4, -0.2) is 17.8 Å². The number of nitrogens with zero attached hydrogens (tertiary/aromatic N) is 1. The molecule has 0 saturated carbocycles. The van der Waals surface area contributed by atoms with Gasteiger partial charge in [0, 0.05) is 21.3 Å². The van der Waals surface area contributed by atoms with Crippen molar-refractivity contribution in [3.05, 3.63) is 52.8 Å². The van der Waals surface area contributed by atoms with Gasteiger partial charge in [0.15, 0.2) is 0 Å². The molecule has 0 aliphatic rings. The van der Waals surface area contributed by atoms with E-state index in [4.69, 9.17) is 10.6 Å². The first-order valence-corrected chi connectivity index (χ1v) is 7.86. The number of hydrogen-bond donors (Lipinski definition) is 2. The number of benzene rings is 1. The molecule has 0 aliphatic heterocycles. The van der Waals surface area contributed by atoms with Gasteiger partial charge in [-0.25, -0.2) is 0 Å². The Bertz CT molecular complexity index is 568. The van der Waals surface area contributed by atoms with Crippen molar-refractivity contribution in [1.82, 2.24) is 10.4 Å². The van der Waals surface area contributed by atoms with Gasteiger partial charge in [0.05, 0.1) is 13.2 Å². The Labute approximate surface area is 131 Å². The highest BCUT2D eigenvalue weighted by molar-refractivity contribution is 9.10. The molecule has 20 heavy (non-hydrogen) atoms. The normalized spacial score (nSPS) is 12.2. The predicted molar refractivity (Wildman–Crippen MR) is 85.7 cm³/mol. The lowest BCUT2D eigenvalue weighted by Gasteiger charge is -2.17. The molecule has 0 radical (unpaired) electrons. The summed E-state index contributed by atoms with van der Waals surface area (Å²) in [6, 6.07) is 11.8. The molecule has 0 aliphatic carbocycles. The number of nitrogens with one attached hydrogen (secondary N) is 1. The number of thioether (sulfide) groups is 1. The molecule has 0 bridgehead atoms. The number of aromatic nitrogens is 1. The number of methoxy groups -OCH3 is 1. The average Bonchev–Trinajstić information content (AvgIpc) is 2.48. The molecule has 1 heterocycles. The summed E-state index contributed by atoms with van der Waals surface area (Å²) in [5.74, 6) is 7.16. The fraction of sp³-hybridized carbons (Fsp3) is 0.214. The van der Waals surface area contributed by atoms with Crippen molar-refractivity contribution in [3.63, 3.8) is 0 Å². The first kappa shape index (κ1) is 15.3. The third kappa shape index (κ3) is 3.96. The molecular formula is C14H16BrN3OS. The second kappa shape index (κ2) is 7.64. The van der Waals surface area contributed by atoms with E-state index in [1.807, 2.05) is 24.3 Å². The number of hydrazine groups is 1. The minimum atomic E-state index is -0.0740. The fourth-order valence-corrected chi connectivity index (χ4v) is 3.33. The van der Waals surface area contributed by atoms with Crippen molar-refractivity contribution in [1.29, 1.82) is 0 Å². The summed E-state index contributed by atoms with van der Waals surface area (Å²) in [5, 5.41) is 0. The summed E-state index contributed by atoms with van der Waals surface area (Å²) in [6.07, 6.45) is 1.74. The van der Waals surface area contributed by atoms with Gasteiger partial charge in [0.25, 0.3) is 0 Å². The van der Waals surface area contributed by atoms with E-state index >= 15 is 0 Å². The van der Waals surface area contributed by atoms with Gasteiger partial charge < -0.3 is 4.74 Å². The molecule has 1 aromatic carbocycles. The number of ether oxygens (including phenoxy) is 1. The van der Waals surface area contributed by atoms with Crippen molar-refractivity contribution in [2.45, 2.75) is 10.9 Å². The molecule has 106 valence electrons. The van der Waals surface area contributed by atoms with Crippen LogP contribution in [0.4, 0.5) is 0 Å². The maximum absolute atomic E-state index is 5.65. The highest BCUT2D eigenvalue weighted by Gasteiger charge is 2.16. The van der Waals surface area contributed by atoms with Gasteiger partial charge in [-0.05, 0) is 30.3 Å². The molecule has 6 heteroatoms. The molecule has 0 amide bonds. The van der Waals surface area contributed by atoms with Crippen molar-refractivity contribution >= 4 is 27.7 Å². The molecule has 1 atom stereocenters. The van der Waals surface area contributed by atoms with Crippen LogP contribution in [0.15, 0.2) is 52.0 Å². The van der Waals surface area contributed by atoms with Crippen LogP contribution >= 0.6 is 27.7 Å². The Morgan fingerprint density at radius 3 is 2.95 bits per heavy atom. The summed E-state index contributed by atoms with van der Waals surface area (Å²) in [6.45, 7) is 0. The largest absolute Gasteiger partial charge is 0.495 e. The standard InChI is InChI=1S/C14H16BrN3OS/c1-19-13-6-3-7-17-14(13)12(18-16)9-20-11-5-2-4-10(15)8-11/h2-8,12,18H,9,16H2,1H3. The van der Waals surface area contributed by atoms with E-state index < -0.39 is 0 Å². The Morgan fingerprint density at radius 1 is 1.40 bits per heavy atom. The zero-order valence-electron chi connectivity index (χ0n) is 11.0. The monoisotopic (exact) mass is 353 g/mol. The van der Waals surface area contributed by atoms with Crippen LogP contribution in [0.25, 0.3) is 0 Å². The molecular weight excluding hydrogens is 338 g/mol. The van der Waals surface area contributed by atoms with Crippen LogP contribution in [0.5, 0.6) is 5.75 Å². The van der Waals surface area contributed by atoms with Crippen LogP contribution in [0.2, 0.25) is 0 Å². The quantitative estimate of drug-likeness (QED) is 0.474. The van der Waals surface area contributed by atoms with Crippen LogP contribution < -0.4 is 16.0 Å². The third-order valence-electron chi connectivity index (χ3n) is 2.76. The van der Waals surface area contributed by atoms with Gasteiger partial charge in [-0.1, -0.05) is 22.0 Å². The first-order chi connectivity index (χ1) is 9.74. The van der Waals surface area contributed by atoms with E-state index in [-0.39, 0.29) is 6.04 Å². The summed E-state index contributed by atoms with van der Waals surface area (Å²) in [4.78, 5) is 5.54. The SMILES string of the molecule is COc1cccnc1C(CSc1cccc(Br)c1)NN. The lowest BCUT2D eigenvalue weighted by molar-refractivity contribution is 0.398. The van der Waals surface area contributed by atoms with Gasteiger partial charge in [0.1, 0.15) is 11.4 Å². The van der Waals surface area contributed by atoms with Crippen LogP contribution in [0, 0.1) is 0 Å². The second-order valence-electron chi connectivity index (χ2n) is 4.08. The second-order valence-corrected chi connectivity index (χ2v) is 6.09. The predicted octanol–water partition coefficient (Wildman–Crippen LogP) is 3.15. The summed E-state index contributed by atoms with van der Waals surface area (Å²) in [5.41, 5.74) is 3.62. The van der Waals surface area contributed by atoms with Gasteiger partial charge in [-0.2, -0.15) is 0 Å². The molecule has 2 aromatic rings. The maximum Gasteiger partial charge on any atom is 0.142 e. The van der Waals surface area contributed by atoms with E-state index in [1.54, 1.807) is 25.1 Å². The smallest absolute Gasteiger partial charge is 0.142 e. The molecule has 0 spiro atoms. The van der Waals surface area contributed by atoms with Crippen molar-refractivity contribution in [2.75, 3.05) is 12.9 Å². The van der Waals surface area contributed by atoms with Crippen molar-refractivity contribution < 1.29 is 4.74 Å². The van der Waals surface area contributed by atoms with E-state index in [0.717, 1.165) is 21.7 Å². The lowest BCUT2D eigenvalue weighted by Crippen LogP contribution is -2.30. The third-order valence-corrected chi connectivity index (χ3v) is 4.34.